The topological polar surface area (TPSA) is 64.6 Å². The quantitative estimate of drug-likeness (QED) is 0.847. The van der Waals surface area contributed by atoms with E-state index in [4.69, 9.17) is 9.47 Å². The first-order chi connectivity index (χ1) is 10.2. The lowest BCUT2D eigenvalue weighted by Gasteiger charge is -2.25. The highest BCUT2D eigenvalue weighted by atomic mass is 16.6. The van der Waals surface area contributed by atoms with E-state index in [1.165, 1.54) is 14.0 Å². The van der Waals surface area contributed by atoms with Gasteiger partial charge in [0.1, 0.15) is 11.4 Å². The Morgan fingerprint density at radius 2 is 1.82 bits per heavy atom. The third kappa shape index (κ3) is 4.91. The van der Waals surface area contributed by atoms with Gasteiger partial charge in [0.05, 0.1) is 13.2 Å². The van der Waals surface area contributed by atoms with Crippen molar-refractivity contribution in [2.24, 2.45) is 0 Å². The molecule has 0 aliphatic carbocycles. The number of alkyl carbamates (subject to hydrolysis) is 1. The summed E-state index contributed by atoms with van der Waals surface area (Å²) in [5.74, 6) is 0.345. The summed E-state index contributed by atoms with van der Waals surface area (Å²) >= 11 is 0. The number of hydrogen-bond donors (Lipinski definition) is 1. The van der Waals surface area contributed by atoms with Gasteiger partial charge in [-0.2, -0.15) is 0 Å². The van der Waals surface area contributed by atoms with Crippen molar-refractivity contribution in [1.29, 1.82) is 0 Å². The van der Waals surface area contributed by atoms with E-state index in [1.54, 1.807) is 39.0 Å². The molecule has 22 heavy (non-hydrogen) atoms. The van der Waals surface area contributed by atoms with Crippen LogP contribution in [0.5, 0.6) is 5.75 Å². The zero-order valence-corrected chi connectivity index (χ0v) is 13.7. The molecule has 0 unspecified atom stereocenters. The third-order valence-electron chi connectivity index (χ3n) is 2.91. The van der Waals surface area contributed by atoms with Gasteiger partial charge in [-0.1, -0.05) is 24.8 Å². The summed E-state index contributed by atoms with van der Waals surface area (Å²) in [6.07, 6.45) is -0.620. The molecule has 1 atom stereocenters. The SMILES string of the molecule is C=C(C(C)=O)[C@@H](NC(=O)OC(C)(C)C)c1ccccc1OC. The fourth-order valence-electron chi connectivity index (χ4n) is 1.89. The summed E-state index contributed by atoms with van der Waals surface area (Å²) in [4.78, 5) is 23.7. The second-order valence-electron chi connectivity index (χ2n) is 5.90. The van der Waals surface area contributed by atoms with Crippen LogP contribution in [0.1, 0.15) is 39.3 Å². The van der Waals surface area contributed by atoms with E-state index in [9.17, 15) is 9.59 Å². The lowest BCUT2D eigenvalue weighted by molar-refractivity contribution is -0.113. The monoisotopic (exact) mass is 305 g/mol. The van der Waals surface area contributed by atoms with Gasteiger partial charge >= 0.3 is 6.09 Å². The van der Waals surface area contributed by atoms with E-state index < -0.39 is 17.7 Å². The summed E-state index contributed by atoms with van der Waals surface area (Å²) in [7, 11) is 1.53. The number of carbonyl (C=O) groups excluding carboxylic acids is 2. The molecule has 0 bridgehead atoms. The number of hydrogen-bond acceptors (Lipinski definition) is 4. The van der Waals surface area contributed by atoms with Crippen molar-refractivity contribution < 1.29 is 19.1 Å². The van der Waals surface area contributed by atoms with Crippen molar-refractivity contribution in [2.45, 2.75) is 39.3 Å². The molecule has 0 saturated heterocycles. The first kappa shape index (κ1) is 17.8. The van der Waals surface area contributed by atoms with Gasteiger partial charge in [-0.3, -0.25) is 4.79 Å². The molecule has 5 heteroatoms. The normalized spacial score (nSPS) is 12.2. The number of amides is 1. The van der Waals surface area contributed by atoms with Gasteiger partial charge in [0.25, 0.3) is 0 Å². The van der Waals surface area contributed by atoms with Crippen molar-refractivity contribution in [2.75, 3.05) is 7.11 Å². The number of carbonyl (C=O) groups is 2. The van der Waals surface area contributed by atoms with E-state index in [1.807, 2.05) is 6.07 Å². The minimum atomic E-state index is -0.705. The smallest absolute Gasteiger partial charge is 0.408 e. The second-order valence-corrected chi connectivity index (χ2v) is 5.90. The standard InChI is InChI=1S/C17H23NO4/c1-11(12(2)19)15(18-16(20)22-17(3,4)5)13-9-7-8-10-14(13)21-6/h7-10,15H,1H2,2-6H3,(H,18,20)/t15-/m1/s1. The highest BCUT2D eigenvalue weighted by Gasteiger charge is 2.26. The van der Waals surface area contributed by atoms with Crippen molar-refractivity contribution in [3.05, 3.63) is 42.0 Å². The van der Waals surface area contributed by atoms with Crippen LogP contribution in [0.4, 0.5) is 4.79 Å². The maximum atomic E-state index is 12.0. The van der Waals surface area contributed by atoms with Crippen molar-refractivity contribution >= 4 is 11.9 Å². The molecule has 120 valence electrons. The Hall–Kier alpha value is -2.30. The Bertz CT molecular complexity index is 572. The molecule has 1 rings (SSSR count). The lowest BCUT2D eigenvalue weighted by Crippen LogP contribution is -2.36. The van der Waals surface area contributed by atoms with Crippen LogP contribution in [0.2, 0.25) is 0 Å². The first-order valence-corrected chi connectivity index (χ1v) is 6.98. The molecule has 0 aliphatic rings. The van der Waals surface area contributed by atoms with Gasteiger partial charge < -0.3 is 14.8 Å². The zero-order valence-electron chi connectivity index (χ0n) is 13.7. The van der Waals surface area contributed by atoms with E-state index in [2.05, 4.69) is 11.9 Å². The molecule has 0 spiro atoms. The predicted octanol–water partition coefficient (Wildman–Crippen LogP) is 3.41. The Kier molecular flexibility index (Phi) is 5.74. The highest BCUT2D eigenvalue weighted by Crippen LogP contribution is 2.29. The van der Waals surface area contributed by atoms with Gasteiger partial charge in [-0.05, 0) is 33.8 Å². The molecule has 1 N–H and O–H groups in total. The maximum Gasteiger partial charge on any atom is 0.408 e. The molecule has 0 aliphatic heterocycles. The van der Waals surface area contributed by atoms with Gasteiger partial charge in [-0.15, -0.1) is 0 Å². The van der Waals surface area contributed by atoms with Crippen LogP contribution >= 0.6 is 0 Å². The molecule has 5 nitrogen and oxygen atoms in total. The average Bonchev–Trinajstić information content (AvgIpc) is 2.42. The summed E-state index contributed by atoms with van der Waals surface area (Å²) in [6.45, 7) is 10.5. The van der Waals surface area contributed by atoms with Crippen molar-refractivity contribution in [1.82, 2.24) is 5.32 Å². The molecule has 0 radical (unpaired) electrons. The molecule has 1 amide bonds. The number of para-hydroxylation sites is 1. The van der Waals surface area contributed by atoms with E-state index in [0.717, 1.165) is 0 Å². The largest absolute Gasteiger partial charge is 0.496 e. The Balaban J connectivity index is 3.12. The van der Waals surface area contributed by atoms with Gasteiger partial charge in [0, 0.05) is 11.1 Å². The zero-order chi connectivity index (χ0) is 16.9. The molecule has 0 fully saturated rings. The number of benzene rings is 1. The lowest BCUT2D eigenvalue weighted by atomic mass is 9.96. The number of methoxy groups -OCH3 is 1. The molecular formula is C17H23NO4. The molecule has 0 saturated carbocycles. The summed E-state index contributed by atoms with van der Waals surface area (Å²) in [5.41, 5.74) is 0.277. The first-order valence-electron chi connectivity index (χ1n) is 6.98. The van der Waals surface area contributed by atoms with Crippen LogP contribution in [0, 0.1) is 0 Å². The molecule has 0 heterocycles. The third-order valence-corrected chi connectivity index (χ3v) is 2.91. The summed E-state index contributed by atoms with van der Waals surface area (Å²) in [6, 6.07) is 6.43. The van der Waals surface area contributed by atoms with Gasteiger partial charge in [0.15, 0.2) is 5.78 Å². The number of ketones is 1. The number of ether oxygens (including phenoxy) is 2. The van der Waals surface area contributed by atoms with Crippen molar-refractivity contribution in [3.63, 3.8) is 0 Å². The average molecular weight is 305 g/mol. The fraction of sp³-hybridized carbons (Fsp3) is 0.412. The minimum Gasteiger partial charge on any atom is -0.496 e. The van der Waals surface area contributed by atoms with Crippen LogP contribution in [-0.4, -0.2) is 24.6 Å². The molecule has 1 aromatic carbocycles. The van der Waals surface area contributed by atoms with Crippen LogP contribution < -0.4 is 10.1 Å². The van der Waals surface area contributed by atoms with Crippen LogP contribution in [0.3, 0.4) is 0 Å². The minimum absolute atomic E-state index is 0.216. The van der Waals surface area contributed by atoms with E-state index in [-0.39, 0.29) is 11.4 Å². The van der Waals surface area contributed by atoms with Gasteiger partial charge in [0.2, 0.25) is 0 Å². The summed E-state index contributed by atoms with van der Waals surface area (Å²) in [5, 5.41) is 2.68. The number of nitrogens with one attached hydrogen (secondary N) is 1. The Labute approximate surface area is 131 Å². The second kappa shape index (κ2) is 7.11. The van der Waals surface area contributed by atoms with Crippen LogP contribution in [0.25, 0.3) is 0 Å². The Morgan fingerprint density at radius 3 is 2.32 bits per heavy atom. The van der Waals surface area contributed by atoms with Crippen LogP contribution in [-0.2, 0) is 9.53 Å². The van der Waals surface area contributed by atoms with Crippen molar-refractivity contribution in [3.8, 4) is 5.75 Å². The van der Waals surface area contributed by atoms with E-state index >= 15 is 0 Å². The molecule has 0 aromatic heterocycles. The fourth-order valence-corrected chi connectivity index (χ4v) is 1.89. The van der Waals surface area contributed by atoms with Crippen LogP contribution in [0.15, 0.2) is 36.4 Å². The molecular weight excluding hydrogens is 282 g/mol. The van der Waals surface area contributed by atoms with Gasteiger partial charge in [-0.25, -0.2) is 4.79 Å². The Morgan fingerprint density at radius 1 is 1.23 bits per heavy atom. The molecule has 1 aromatic rings. The van der Waals surface area contributed by atoms with E-state index in [0.29, 0.717) is 11.3 Å². The number of Topliss-reactive ketones (excluding diaryl/α,β-unsaturated/α-hetero) is 1. The maximum absolute atomic E-state index is 12.0. The highest BCUT2D eigenvalue weighted by molar-refractivity contribution is 5.94. The number of rotatable bonds is 5. The predicted molar refractivity (Wildman–Crippen MR) is 84.9 cm³/mol. The summed E-state index contributed by atoms with van der Waals surface area (Å²) < 4.78 is 10.5.